The molecule has 106 valence electrons. The third kappa shape index (κ3) is 3.53. The van der Waals surface area contributed by atoms with E-state index in [4.69, 9.17) is 15.2 Å². The van der Waals surface area contributed by atoms with E-state index in [1.165, 1.54) is 0 Å². The van der Waals surface area contributed by atoms with Crippen LogP contribution in [0.4, 0.5) is 0 Å². The Bertz CT molecular complexity index is 602. The maximum absolute atomic E-state index is 5.99. The van der Waals surface area contributed by atoms with Crippen LogP contribution in [0.15, 0.2) is 45.3 Å². The summed E-state index contributed by atoms with van der Waals surface area (Å²) in [6.45, 7) is 0.591. The van der Waals surface area contributed by atoms with Crippen LogP contribution in [0.2, 0.25) is 0 Å². The zero-order valence-electron chi connectivity index (χ0n) is 11.0. The standard InChI is InChI=1S/C15H15Br2NO2/c1-19-14-8-12(17)15(9-11(14)16)20-13-5-3-2-4-10(13)6-7-18/h2-5,8-9H,6-7,18H2,1H3. The maximum Gasteiger partial charge on any atom is 0.143 e. The van der Waals surface area contributed by atoms with E-state index in [0.717, 1.165) is 38.2 Å². The van der Waals surface area contributed by atoms with Gasteiger partial charge in [-0.25, -0.2) is 0 Å². The van der Waals surface area contributed by atoms with E-state index in [9.17, 15) is 0 Å². The van der Waals surface area contributed by atoms with Crippen molar-refractivity contribution >= 4 is 31.9 Å². The lowest BCUT2D eigenvalue weighted by atomic mass is 10.1. The fraction of sp³-hybridized carbons (Fsp3) is 0.200. The number of hydrogen-bond donors (Lipinski definition) is 1. The number of nitrogens with two attached hydrogens (primary N) is 1. The average Bonchev–Trinajstić information content (AvgIpc) is 2.45. The van der Waals surface area contributed by atoms with Gasteiger partial charge < -0.3 is 15.2 Å². The summed E-state index contributed by atoms with van der Waals surface area (Å²) in [6.07, 6.45) is 0.783. The first kappa shape index (κ1) is 15.4. The molecule has 0 aromatic heterocycles. The molecule has 5 heteroatoms. The third-order valence-electron chi connectivity index (χ3n) is 2.81. The van der Waals surface area contributed by atoms with Gasteiger partial charge in [0.05, 0.1) is 16.1 Å². The van der Waals surface area contributed by atoms with Crippen LogP contribution in [0.5, 0.6) is 17.2 Å². The van der Waals surface area contributed by atoms with Crippen molar-refractivity contribution in [1.29, 1.82) is 0 Å². The molecule has 2 rings (SSSR count). The monoisotopic (exact) mass is 399 g/mol. The Kier molecular flexibility index (Phi) is 5.46. The van der Waals surface area contributed by atoms with E-state index in [-0.39, 0.29) is 0 Å². The molecule has 2 N–H and O–H groups in total. The quantitative estimate of drug-likeness (QED) is 0.802. The fourth-order valence-corrected chi connectivity index (χ4v) is 2.72. The number of para-hydroxylation sites is 1. The van der Waals surface area contributed by atoms with Gasteiger partial charge in [0, 0.05) is 0 Å². The Labute approximate surface area is 135 Å². The zero-order valence-corrected chi connectivity index (χ0v) is 14.2. The van der Waals surface area contributed by atoms with Crippen LogP contribution in [-0.2, 0) is 6.42 Å². The minimum Gasteiger partial charge on any atom is -0.496 e. The van der Waals surface area contributed by atoms with Crippen molar-refractivity contribution in [2.24, 2.45) is 5.73 Å². The van der Waals surface area contributed by atoms with E-state index in [2.05, 4.69) is 31.9 Å². The molecule has 3 nitrogen and oxygen atoms in total. The Hall–Kier alpha value is -1.04. The summed E-state index contributed by atoms with van der Waals surface area (Å²) < 4.78 is 12.9. The van der Waals surface area contributed by atoms with Gasteiger partial charge in [-0.05, 0) is 68.6 Å². The van der Waals surface area contributed by atoms with Crippen LogP contribution in [-0.4, -0.2) is 13.7 Å². The molecule has 2 aromatic carbocycles. The Morgan fingerprint density at radius 3 is 2.35 bits per heavy atom. The molecule has 20 heavy (non-hydrogen) atoms. The number of halogens is 2. The van der Waals surface area contributed by atoms with Gasteiger partial charge in [-0.3, -0.25) is 0 Å². The highest BCUT2D eigenvalue weighted by Crippen LogP contribution is 2.38. The predicted octanol–water partition coefficient (Wildman–Crippen LogP) is 4.51. The Balaban J connectivity index is 2.33. The van der Waals surface area contributed by atoms with Crippen molar-refractivity contribution in [3.05, 3.63) is 50.9 Å². The molecule has 0 fully saturated rings. The number of rotatable bonds is 5. The normalized spacial score (nSPS) is 10.4. The van der Waals surface area contributed by atoms with Crippen molar-refractivity contribution in [3.63, 3.8) is 0 Å². The molecule has 2 aromatic rings. The zero-order chi connectivity index (χ0) is 14.5. The third-order valence-corrected chi connectivity index (χ3v) is 4.05. The first-order chi connectivity index (χ1) is 9.65. The van der Waals surface area contributed by atoms with Gasteiger partial charge >= 0.3 is 0 Å². The predicted molar refractivity (Wildman–Crippen MR) is 87.7 cm³/mol. The summed E-state index contributed by atoms with van der Waals surface area (Å²) in [7, 11) is 1.63. The van der Waals surface area contributed by atoms with Crippen molar-refractivity contribution < 1.29 is 9.47 Å². The lowest BCUT2D eigenvalue weighted by Gasteiger charge is -2.13. The molecule has 0 atom stereocenters. The van der Waals surface area contributed by atoms with Crippen molar-refractivity contribution in [2.45, 2.75) is 6.42 Å². The molecule has 0 spiro atoms. The lowest BCUT2D eigenvalue weighted by molar-refractivity contribution is 0.409. The van der Waals surface area contributed by atoms with Crippen LogP contribution in [0.1, 0.15) is 5.56 Å². The van der Waals surface area contributed by atoms with Crippen LogP contribution < -0.4 is 15.2 Å². The van der Waals surface area contributed by atoms with Gasteiger partial charge in [0.2, 0.25) is 0 Å². The number of benzene rings is 2. The van der Waals surface area contributed by atoms with E-state index in [1.807, 2.05) is 36.4 Å². The van der Waals surface area contributed by atoms with Gasteiger partial charge in [0.15, 0.2) is 0 Å². The van der Waals surface area contributed by atoms with E-state index in [0.29, 0.717) is 6.54 Å². The molecule has 0 saturated heterocycles. The highest BCUT2D eigenvalue weighted by atomic mass is 79.9. The van der Waals surface area contributed by atoms with Crippen LogP contribution >= 0.6 is 31.9 Å². The minimum atomic E-state index is 0.591. The summed E-state index contributed by atoms with van der Waals surface area (Å²) in [5, 5.41) is 0. The summed E-state index contributed by atoms with van der Waals surface area (Å²) >= 11 is 6.95. The van der Waals surface area contributed by atoms with E-state index < -0.39 is 0 Å². The first-order valence-electron chi connectivity index (χ1n) is 6.14. The molecule has 0 amide bonds. The van der Waals surface area contributed by atoms with E-state index >= 15 is 0 Å². The number of ether oxygens (including phenoxy) is 2. The highest BCUT2D eigenvalue weighted by Gasteiger charge is 2.11. The summed E-state index contributed by atoms with van der Waals surface area (Å²) in [6, 6.07) is 11.6. The highest BCUT2D eigenvalue weighted by molar-refractivity contribution is 9.11. The molecule has 0 bridgehead atoms. The largest absolute Gasteiger partial charge is 0.496 e. The van der Waals surface area contributed by atoms with Crippen LogP contribution in [0, 0.1) is 0 Å². The fourth-order valence-electron chi connectivity index (χ4n) is 1.83. The van der Waals surface area contributed by atoms with Crippen LogP contribution in [0.3, 0.4) is 0 Å². The van der Waals surface area contributed by atoms with Gasteiger partial charge in [-0.15, -0.1) is 0 Å². The second kappa shape index (κ2) is 7.11. The second-order valence-electron chi connectivity index (χ2n) is 4.17. The van der Waals surface area contributed by atoms with Crippen molar-refractivity contribution in [1.82, 2.24) is 0 Å². The molecule has 0 radical (unpaired) electrons. The van der Waals surface area contributed by atoms with Crippen LogP contribution in [0.25, 0.3) is 0 Å². The number of methoxy groups -OCH3 is 1. The topological polar surface area (TPSA) is 44.5 Å². The van der Waals surface area contributed by atoms with Crippen molar-refractivity contribution in [2.75, 3.05) is 13.7 Å². The van der Waals surface area contributed by atoms with Gasteiger partial charge in [0.1, 0.15) is 17.2 Å². The molecule has 0 aliphatic rings. The van der Waals surface area contributed by atoms with Gasteiger partial charge in [-0.2, -0.15) is 0 Å². The Morgan fingerprint density at radius 2 is 1.65 bits per heavy atom. The summed E-state index contributed by atoms with van der Waals surface area (Å²) in [5.41, 5.74) is 6.72. The molecule has 0 unspecified atom stereocenters. The van der Waals surface area contributed by atoms with Gasteiger partial charge in [0.25, 0.3) is 0 Å². The lowest BCUT2D eigenvalue weighted by Crippen LogP contribution is -2.04. The molecule has 0 heterocycles. The summed E-state index contributed by atoms with van der Waals surface area (Å²) in [5.74, 6) is 2.29. The maximum atomic E-state index is 5.99. The van der Waals surface area contributed by atoms with E-state index in [1.54, 1.807) is 7.11 Å². The Morgan fingerprint density at radius 1 is 1.00 bits per heavy atom. The van der Waals surface area contributed by atoms with Crippen molar-refractivity contribution in [3.8, 4) is 17.2 Å². The first-order valence-corrected chi connectivity index (χ1v) is 7.73. The SMILES string of the molecule is COc1cc(Br)c(Oc2ccccc2CCN)cc1Br. The smallest absolute Gasteiger partial charge is 0.143 e. The molecule has 0 aliphatic carbocycles. The summed E-state index contributed by atoms with van der Waals surface area (Å²) in [4.78, 5) is 0. The van der Waals surface area contributed by atoms with Gasteiger partial charge in [-0.1, -0.05) is 18.2 Å². The second-order valence-corrected chi connectivity index (χ2v) is 5.87. The molecule has 0 aliphatic heterocycles. The minimum absolute atomic E-state index is 0.591. The molecular formula is C15H15Br2NO2. The molecular weight excluding hydrogens is 386 g/mol. The molecule has 0 saturated carbocycles. The number of hydrogen-bond acceptors (Lipinski definition) is 3. The average molecular weight is 401 g/mol.